The summed E-state index contributed by atoms with van der Waals surface area (Å²) in [5.74, 6) is 0.766. The van der Waals surface area contributed by atoms with Gasteiger partial charge in [-0.2, -0.15) is 0 Å². The number of nitrogens with one attached hydrogen (secondary N) is 1. The molecule has 2 unspecified atom stereocenters. The van der Waals surface area contributed by atoms with E-state index >= 15 is 0 Å². The molecule has 2 aliphatic rings. The van der Waals surface area contributed by atoms with E-state index in [0.717, 1.165) is 62.5 Å². The zero-order chi connectivity index (χ0) is 26.0. The van der Waals surface area contributed by atoms with E-state index < -0.39 is 15.6 Å². The summed E-state index contributed by atoms with van der Waals surface area (Å²) >= 11 is 0. The Morgan fingerprint density at radius 1 is 1.03 bits per heavy atom. The number of benzene rings is 2. The van der Waals surface area contributed by atoms with Crippen LogP contribution >= 0.6 is 0 Å². The van der Waals surface area contributed by atoms with Crippen LogP contribution in [0, 0.1) is 5.92 Å². The molecule has 0 saturated heterocycles. The molecular formula is C30H35NO5S. The molecule has 196 valence electrons. The van der Waals surface area contributed by atoms with Crippen LogP contribution in [-0.4, -0.2) is 13.5 Å². The van der Waals surface area contributed by atoms with Gasteiger partial charge >= 0.3 is 5.63 Å². The minimum atomic E-state index is -3.75. The number of aromatic hydroxyl groups is 1. The van der Waals surface area contributed by atoms with Gasteiger partial charge in [-0.1, -0.05) is 56.5 Å². The molecule has 5 rings (SSSR count). The molecule has 1 aromatic heterocycles. The molecule has 37 heavy (non-hydrogen) atoms. The number of rotatable bonds is 8. The topological polar surface area (TPSA) is 96.6 Å². The van der Waals surface area contributed by atoms with Gasteiger partial charge in [0.25, 0.3) is 10.0 Å². The Labute approximate surface area is 218 Å². The molecular weight excluding hydrogens is 486 g/mol. The van der Waals surface area contributed by atoms with E-state index in [9.17, 15) is 18.3 Å². The maximum atomic E-state index is 13.5. The molecule has 6 nitrogen and oxygen atoms in total. The molecule has 0 spiro atoms. The molecule has 2 aliphatic carbocycles. The lowest BCUT2D eigenvalue weighted by Gasteiger charge is -2.25. The van der Waals surface area contributed by atoms with Crippen molar-refractivity contribution in [1.29, 1.82) is 0 Å². The standard InChI is InChI=1S/C30H35NO5S/c1-2-10-21-11-5-3-8-16-25-28(32)27(30(33)36-29(21)25)26(20-17-18-20)22-12-9-13-23(19-22)31-37(34,35)24-14-6-4-7-15-24/h4,6-7,9,12-15,19-21,26,31-32H,2-3,5,8,10-11,16-18H2,1H3. The molecule has 0 bridgehead atoms. The molecule has 0 aliphatic heterocycles. The first kappa shape index (κ1) is 25.6. The molecule has 1 saturated carbocycles. The molecule has 3 aromatic rings. The minimum Gasteiger partial charge on any atom is -0.507 e. The lowest BCUT2D eigenvalue weighted by molar-refractivity contribution is 0.345. The summed E-state index contributed by atoms with van der Waals surface area (Å²) in [4.78, 5) is 13.6. The van der Waals surface area contributed by atoms with Gasteiger partial charge in [0.1, 0.15) is 11.5 Å². The van der Waals surface area contributed by atoms with E-state index in [-0.39, 0.29) is 28.4 Å². The van der Waals surface area contributed by atoms with Crippen molar-refractivity contribution in [1.82, 2.24) is 0 Å². The van der Waals surface area contributed by atoms with Gasteiger partial charge in [-0.25, -0.2) is 13.2 Å². The molecule has 7 heteroatoms. The lowest BCUT2D eigenvalue weighted by atomic mass is 9.82. The third-order valence-electron chi connectivity index (χ3n) is 7.70. The summed E-state index contributed by atoms with van der Waals surface area (Å²) < 4.78 is 34.5. The Bertz CT molecular complexity index is 1410. The van der Waals surface area contributed by atoms with Crippen LogP contribution in [-0.2, 0) is 16.4 Å². The van der Waals surface area contributed by atoms with Crippen molar-refractivity contribution in [3.05, 3.63) is 87.5 Å². The highest BCUT2D eigenvalue weighted by atomic mass is 32.2. The number of sulfonamides is 1. The van der Waals surface area contributed by atoms with E-state index in [1.807, 2.05) is 6.07 Å². The van der Waals surface area contributed by atoms with E-state index in [4.69, 9.17) is 4.42 Å². The van der Waals surface area contributed by atoms with E-state index in [0.29, 0.717) is 23.4 Å². The van der Waals surface area contributed by atoms with Crippen molar-refractivity contribution >= 4 is 15.7 Å². The van der Waals surface area contributed by atoms with Crippen LogP contribution < -0.4 is 10.3 Å². The second-order valence-corrected chi connectivity index (χ2v) is 12.1. The Hall–Kier alpha value is -3.06. The summed E-state index contributed by atoms with van der Waals surface area (Å²) in [5, 5.41) is 11.6. The third kappa shape index (κ3) is 5.47. The van der Waals surface area contributed by atoms with Crippen LogP contribution in [0.25, 0.3) is 0 Å². The van der Waals surface area contributed by atoms with Crippen molar-refractivity contribution in [3.63, 3.8) is 0 Å². The molecule has 1 heterocycles. The predicted octanol–water partition coefficient (Wildman–Crippen LogP) is 6.69. The Morgan fingerprint density at radius 2 is 1.81 bits per heavy atom. The van der Waals surface area contributed by atoms with Gasteiger partial charge in [0.15, 0.2) is 0 Å². The van der Waals surface area contributed by atoms with Crippen molar-refractivity contribution in [2.75, 3.05) is 4.72 Å². The van der Waals surface area contributed by atoms with Gasteiger partial charge in [-0.15, -0.1) is 0 Å². The first-order chi connectivity index (χ1) is 17.9. The highest BCUT2D eigenvalue weighted by Gasteiger charge is 2.39. The van der Waals surface area contributed by atoms with E-state index in [2.05, 4.69) is 11.6 Å². The highest BCUT2D eigenvalue weighted by molar-refractivity contribution is 7.92. The number of fused-ring (bicyclic) bond motifs is 1. The molecule has 0 radical (unpaired) electrons. The fraction of sp³-hybridized carbons (Fsp3) is 0.433. The maximum Gasteiger partial charge on any atom is 0.343 e. The second kappa shape index (κ2) is 10.7. The highest BCUT2D eigenvalue weighted by Crippen LogP contribution is 2.49. The molecule has 2 aromatic carbocycles. The predicted molar refractivity (Wildman–Crippen MR) is 145 cm³/mol. The zero-order valence-electron chi connectivity index (χ0n) is 21.3. The largest absolute Gasteiger partial charge is 0.507 e. The van der Waals surface area contributed by atoms with Crippen LogP contribution in [0.15, 0.2) is 68.7 Å². The Morgan fingerprint density at radius 3 is 2.54 bits per heavy atom. The molecule has 2 atom stereocenters. The zero-order valence-corrected chi connectivity index (χ0v) is 22.1. The maximum absolute atomic E-state index is 13.5. The van der Waals surface area contributed by atoms with Gasteiger partial charge in [0.2, 0.25) is 0 Å². The Balaban J connectivity index is 1.54. The quantitative estimate of drug-likeness (QED) is 0.344. The molecule has 2 N–H and O–H groups in total. The summed E-state index contributed by atoms with van der Waals surface area (Å²) in [6, 6.07) is 15.4. The summed E-state index contributed by atoms with van der Waals surface area (Å²) in [6.07, 6.45) is 8.65. The SMILES string of the molecule is CCCC1CCCCCc2c1oc(=O)c(C(c1cccc(NS(=O)(=O)c3ccccc3)c1)C1CC1)c2O. The van der Waals surface area contributed by atoms with Crippen LogP contribution in [0.5, 0.6) is 5.75 Å². The number of hydrogen-bond donors (Lipinski definition) is 2. The Kier molecular flexibility index (Phi) is 7.43. The average Bonchev–Trinajstić information content (AvgIpc) is 3.71. The fourth-order valence-corrected chi connectivity index (χ4v) is 6.85. The number of hydrogen-bond acceptors (Lipinski definition) is 5. The fourth-order valence-electron chi connectivity index (χ4n) is 5.78. The van der Waals surface area contributed by atoms with Gasteiger partial charge in [-0.05, 0) is 74.3 Å². The lowest BCUT2D eigenvalue weighted by Crippen LogP contribution is -2.20. The summed E-state index contributed by atoms with van der Waals surface area (Å²) in [5.41, 5.74) is 1.86. The number of anilines is 1. The van der Waals surface area contributed by atoms with Crippen LogP contribution in [0.1, 0.15) is 92.6 Å². The third-order valence-corrected chi connectivity index (χ3v) is 9.10. The van der Waals surface area contributed by atoms with Crippen molar-refractivity contribution < 1.29 is 17.9 Å². The minimum absolute atomic E-state index is 0.0847. The molecule has 0 amide bonds. The van der Waals surface area contributed by atoms with Crippen LogP contribution in [0.3, 0.4) is 0 Å². The van der Waals surface area contributed by atoms with Gasteiger partial charge in [0, 0.05) is 23.1 Å². The van der Waals surface area contributed by atoms with E-state index in [1.54, 1.807) is 48.5 Å². The van der Waals surface area contributed by atoms with Gasteiger partial charge < -0.3 is 9.52 Å². The van der Waals surface area contributed by atoms with E-state index in [1.165, 1.54) is 0 Å². The second-order valence-electron chi connectivity index (χ2n) is 10.4. The van der Waals surface area contributed by atoms with Crippen LogP contribution in [0.2, 0.25) is 0 Å². The normalized spacial score (nSPS) is 18.9. The smallest absolute Gasteiger partial charge is 0.343 e. The van der Waals surface area contributed by atoms with Crippen molar-refractivity contribution in [2.45, 2.75) is 81.4 Å². The monoisotopic (exact) mass is 521 g/mol. The van der Waals surface area contributed by atoms with Gasteiger partial charge in [0.05, 0.1) is 10.5 Å². The summed E-state index contributed by atoms with van der Waals surface area (Å²) in [7, 11) is -3.75. The average molecular weight is 522 g/mol. The van der Waals surface area contributed by atoms with Crippen molar-refractivity contribution in [2.24, 2.45) is 5.92 Å². The van der Waals surface area contributed by atoms with Gasteiger partial charge in [-0.3, -0.25) is 4.72 Å². The van der Waals surface area contributed by atoms with Crippen molar-refractivity contribution in [3.8, 4) is 5.75 Å². The van der Waals surface area contributed by atoms with Crippen LogP contribution in [0.4, 0.5) is 5.69 Å². The first-order valence-electron chi connectivity index (χ1n) is 13.5. The first-order valence-corrected chi connectivity index (χ1v) is 14.9. The summed E-state index contributed by atoms with van der Waals surface area (Å²) in [6.45, 7) is 2.13. The molecule has 1 fully saturated rings.